The lowest BCUT2D eigenvalue weighted by Gasteiger charge is -2.39. The van der Waals surface area contributed by atoms with Crippen molar-refractivity contribution >= 4 is 16.1 Å². The van der Waals surface area contributed by atoms with Gasteiger partial charge in [0, 0.05) is 16.9 Å². The van der Waals surface area contributed by atoms with Crippen molar-refractivity contribution in [3.8, 4) is 0 Å². The first kappa shape index (κ1) is 24.5. The molecule has 2 aromatic carbocycles. The van der Waals surface area contributed by atoms with Gasteiger partial charge in [-0.05, 0) is 42.2 Å². The number of hydrogen-bond donors (Lipinski definition) is 1. The molecule has 3 rings (SSSR count). The third-order valence-electron chi connectivity index (χ3n) is 6.57. The number of halogens is 3. The zero-order valence-corrected chi connectivity index (χ0v) is 18.8. The molecule has 0 aliphatic carbocycles. The summed E-state index contributed by atoms with van der Waals surface area (Å²) in [4.78, 5) is 11.4. The van der Waals surface area contributed by atoms with Crippen LogP contribution < -0.4 is 0 Å². The Hall–Kier alpha value is -2.19. The van der Waals surface area contributed by atoms with E-state index in [0.717, 1.165) is 18.6 Å². The van der Waals surface area contributed by atoms with Crippen LogP contribution >= 0.6 is 0 Å². The molecule has 0 unspecified atom stereocenters. The third kappa shape index (κ3) is 4.48. The van der Waals surface area contributed by atoms with Gasteiger partial charge in [-0.2, -0.15) is 13.2 Å². The van der Waals surface area contributed by atoms with E-state index in [-0.39, 0.29) is 27.3 Å². The number of unbranched alkanes of at least 4 members (excludes halogenated alkanes) is 1. The first-order chi connectivity index (χ1) is 15.0. The number of benzene rings is 2. The van der Waals surface area contributed by atoms with Gasteiger partial charge >= 0.3 is 6.18 Å². The van der Waals surface area contributed by atoms with Gasteiger partial charge in [-0.15, -0.1) is 0 Å². The average molecular weight is 469 g/mol. The molecule has 174 valence electrons. The predicted octanol–water partition coefficient (Wildman–Crippen LogP) is 5.38. The lowest BCUT2D eigenvalue weighted by molar-refractivity contribution is -0.137. The van der Waals surface area contributed by atoms with Gasteiger partial charge < -0.3 is 5.11 Å². The number of sulfone groups is 1. The van der Waals surface area contributed by atoms with Crippen LogP contribution in [0.3, 0.4) is 0 Å². The van der Waals surface area contributed by atoms with E-state index in [1.165, 1.54) is 30.3 Å². The van der Waals surface area contributed by atoms with Gasteiger partial charge in [0.05, 0.1) is 22.3 Å². The lowest BCUT2D eigenvalue weighted by Crippen LogP contribution is -2.42. The van der Waals surface area contributed by atoms with E-state index in [9.17, 15) is 31.5 Å². The van der Waals surface area contributed by atoms with Gasteiger partial charge in [-0.25, -0.2) is 8.42 Å². The number of carbonyl (C=O) groups is 1. The van der Waals surface area contributed by atoms with Crippen LogP contribution in [0.5, 0.6) is 0 Å². The summed E-state index contributed by atoms with van der Waals surface area (Å²) in [5.74, 6) is -1.33. The molecule has 0 saturated carbocycles. The minimum absolute atomic E-state index is 0.0450. The van der Waals surface area contributed by atoms with Crippen LogP contribution in [0, 0.1) is 5.41 Å². The predicted molar refractivity (Wildman–Crippen MR) is 115 cm³/mol. The van der Waals surface area contributed by atoms with Gasteiger partial charge in [0.2, 0.25) is 0 Å². The molecule has 1 aliphatic rings. The highest BCUT2D eigenvalue weighted by Crippen LogP contribution is 2.49. The summed E-state index contributed by atoms with van der Waals surface area (Å²) in [5, 5.41) is 11.6. The molecule has 32 heavy (non-hydrogen) atoms. The molecule has 4 nitrogen and oxygen atoms in total. The summed E-state index contributed by atoms with van der Waals surface area (Å²) in [6.07, 6.45) is -3.06. The Morgan fingerprint density at radius 3 is 2.47 bits per heavy atom. The summed E-state index contributed by atoms with van der Waals surface area (Å²) >= 11 is 0. The second-order valence-corrected chi connectivity index (χ2v) is 10.5. The van der Waals surface area contributed by atoms with E-state index in [0.29, 0.717) is 25.5 Å². The zero-order chi connectivity index (χ0) is 23.7. The van der Waals surface area contributed by atoms with E-state index in [2.05, 4.69) is 0 Å². The van der Waals surface area contributed by atoms with Crippen LogP contribution in [0.15, 0.2) is 47.4 Å². The summed E-state index contributed by atoms with van der Waals surface area (Å²) in [5.41, 5.74) is -1.39. The summed E-state index contributed by atoms with van der Waals surface area (Å²) < 4.78 is 67.1. The summed E-state index contributed by atoms with van der Waals surface area (Å²) in [6.45, 7) is 3.75. The van der Waals surface area contributed by atoms with Gasteiger partial charge in [0.1, 0.15) is 6.29 Å². The molecule has 0 fully saturated rings. The highest BCUT2D eigenvalue weighted by molar-refractivity contribution is 7.91. The molecular formula is C24H27F3O4S. The van der Waals surface area contributed by atoms with E-state index >= 15 is 0 Å². The second-order valence-electron chi connectivity index (χ2n) is 8.54. The Bertz CT molecular complexity index is 1090. The van der Waals surface area contributed by atoms with Gasteiger partial charge in [0.15, 0.2) is 9.84 Å². The number of aliphatic hydroxyl groups is 1. The highest BCUT2D eigenvalue weighted by atomic mass is 32.2. The first-order valence-electron chi connectivity index (χ1n) is 10.7. The monoisotopic (exact) mass is 468 g/mol. The van der Waals surface area contributed by atoms with Crippen LogP contribution in [-0.2, 0) is 16.0 Å². The molecule has 0 bridgehead atoms. The van der Waals surface area contributed by atoms with E-state index in [1.807, 2.05) is 6.92 Å². The summed E-state index contributed by atoms with van der Waals surface area (Å²) in [7, 11) is -3.86. The maximum Gasteiger partial charge on any atom is 0.416 e. The van der Waals surface area contributed by atoms with Crippen LogP contribution in [0.4, 0.5) is 13.2 Å². The van der Waals surface area contributed by atoms with Crippen LogP contribution in [0.25, 0.3) is 0 Å². The number of hydrogen-bond acceptors (Lipinski definition) is 4. The van der Waals surface area contributed by atoms with Crippen molar-refractivity contribution in [2.24, 2.45) is 5.41 Å². The van der Waals surface area contributed by atoms with Crippen LogP contribution in [-0.4, -0.2) is 31.7 Å². The Kier molecular flexibility index (Phi) is 6.86. The Morgan fingerprint density at radius 2 is 1.88 bits per heavy atom. The van der Waals surface area contributed by atoms with E-state index in [1.54, 1.807) is 6.92 Å². The molecule has 3 atom stereocenters. The first-order valence-corrected chi connectivity index (χ1v) is 12.3. The molecular weight excluding hydrogens is 441 g/mol. The van der Waals surface area contributed by atoms with Crippen LogP contribution in [0.1, 0.15) is 72.5 Å². The van der Waals surface area contributed by atoms with E-state index < -0.39 is 39.0 Å². The minimum atomic E-state index is -4.59. The van der Waals surface area contributed by atoms with Crippen molar-refractivity contribution in [1.29, 1.82) is 0 Å². The average Bonchev–Trinajstić information content (AvgIpc) is 2.82. The maximum atomic E-state index is 13.4. The van der Waals surface area contributed by atoms with Crippen molar-refractivity contribution < 1.29 is 31.5 Å². The Morgan fingerprint density at radius 1 is 1.16 bits per heavy atom. The second kappa shape index (κ2) is 8.98. The lowest BCUT2D eigenvalue weighted by atomic mass is 9.69. The molecule has 0 spiro atoms. The van der Waals surface area contributed by atoms with Crippen molar-refractivity contribution in [3.63, 3.8) is 0 Å². The molecule has 1 heterocycles. The number of fused-ring (bicyclic) bond motifs is 1. The molecule has 8 heteroatoms. The molecule has 1 N–H and O–H groups in total. The Balaban J connectivity index is 2.34. The Labute approximate surface area is 186 Å². The van der Waals surface area contributed by atoms with Crippen molar-refractivity contribution in [1.82, 2.24) is 0 Å². The number of alkyl halides is 3. The number of rotatable bonds is 6. The van der Waals surface area contributed by atoms with Crippen LogP contribution in [0.2, 0.25) is 0 Å². The fourth-order valence-corrected chi connectivity index (χ4v) is 6.99. The largest absolute Gasteiger partial charge is 0.416 e. The fraction of sp³-hybridized carbons (Fsp3) is 0.458. The SMILES string of the molecule is CCCC[C@]1(CC)CS(=O)(=O)c2ccc(C=O)cc2[C@H](c2cccc(C(F)(F)F)c2)[C@@H]1O. The fourth-order valence-electron chi connectivity index (χ4n) is 4.74. The zero-order valence-electron chi connectivity index (χ0n) is 18.0. The standard InChI is InChI=1S/C24H27F3O4S/c1-3-5-11-23(4-2)15-32(30,31)20-10-9-16(14-28)12-19(20)21(22(23)29)17-7-6-8-18(13-17)24(25,26)27/h6-10,12-14,21-22,29H,3-5,11,15H2,1-2H3/t21-,22-,23+/m0/s1. The topological polar surface area (TPSA) is 71.4 Å². The van der Waals surface area contributed by atoms with Crippen molar-refractivity contribution in [2.75, 3.05) is 5.75 Å². The van der Waals surface area contributed by atoms with Gasteiger partial charge in [0.25, 0.3) is 0 Å². The molecule has 0 radical (unpaired) electrons. The van der Waals surface area contributed by atoms with Crippen molar-refractivity contribution in [3.05, 3.63) is 64.7 Å². The van der Waals surface area contributed by atoms with Crippen molar-refractivity contribution in [2.45, 2.75) is 62.6 Å². The summed E-state index contributed by atoms with van der Waals surface area (Å²) in [6, 6.07) is 8.71. The smallest absolute Gasteiger partial charge is 0.392 e. The quantitative estimate of drug-likeness (QED) is 0.578. The molecule has 0 saturated heterocycles. The minimum Gasteiger partial charge on any atom is -0.392 e. The number of carbonyl (C=O) groups excluding carboxylic acids is 1. The van der Waals surface area contributed by atoms with Gasteiger partial charge in [-0.3, -0.25) is 4.79 Å². The van der Waals surface area contributed by atoms with E-state index in [4.69, 9.17) is 0 Å². The number of aliphatic hydroxyl groups excluding tert-OH is 1. The number of aldehydes is 1. The van der Waals surface area contributed by atoms with Gasteiger partial charge in [-0.1, -0.05) is 51.0 Å². The highest BCUT2D eigenvalue weighted by Gasteiger charge is 2.49. The maximum absolute atomic E-state index is 13.4. The molecule has 1 aliphatic heterocycles. The normalized spacial score (nSPS) is 25.1. The third-order valence-corrected chi connectivity index (χ3v) is 8.56. The molecule has 0 aromatic heterocycles. The molecule has 0 amide bonds. The molecule has 2 aromatic rings.